The van der Waals surface area contributed by atoms with Gasteiger partial charge in [0.2, 0.25) is 0 Å². The maximum Gasteiger partial charge on any atom is 0.338 e. The number of ether oxygens (including phenoxy) is 1. The fourth-order valence-corrected chi connectivity index (χ4v) is 3.14. The van der Waals surface area contributed by atoms with Crippen LogP contribution in [0.2, 0.25) is 0 Å². The van der Waals surface area contributed by atoms with Crippen LogP contribution in [-0.2, 0) is 4.74 Å². The van der Waals surface area contributed by atoms with Crippen molar-refractivity contribution >= 4 is 5.97 Å². The van der Waals surface area contributed by atoms with E-state index in [4.69, 9.17) is 10.00 Å². The molecule has 0 N–H and O–H groups in total. The van der Waals surface area contributed by atoms with Crippen molar-refractivity contribution in [1.29, 1.82) is 5.26 Å². The molecule has 3 atom stereocenters. The lowest BCUT2D eigenvalue weighted by Crippen LogP contribution is -2.35. The summed E-state index contributed by atoms with van der Waals surface area (Å²) in [6.07, 6.45) is 3.31. The van der Waals surface area contributed by atoms with Crippen molar-refractivity contribution in [3.63, 3.8) is 0 Å². The van der Waals surface area contributed by atoms with Crippen LogP contribution >= 0.6 is 0 Å². The molecule has 0 radical (unpaired) electrons. The normalized spacial score (nSPS) is 25.4. The van der Waals surface area contributed by atoms with E-state index >= 15 is 0 Å². The highest BCUT2D eigenvalue weighted by Gasteiger charge is 2.33. The van der Waals surface area contributed by atoms with Gasteiger partial charge in [-0.25, -0.2) is 4.79 Å². The van der Waals surface area contributed by atoms with Crippen LogP contribution in [-0.4, -0.2) is 12.1 Å². The first kappa shape index (κ1) is 15.6. The summed E-state index contributed by atoms with van der Waals surface area (Å²) in [6, 6.07) is 8.68. The fraction of sp³-hybridized carbons (Fsp3) is 0.556. The highest BCUT2D eigenvalue weighted by molar-refractivity contribution is 5.89. The van der Waals surface area contributed by atoms with Gasteiger partial charge >= 0.3 is 5.97 Å². The van der Waals surface area contributed by atoms with Gasteiger partial charge in [-0.1, -0.05) is 27.2 Å². The van der Waals surface area contributed by atoms with Crippen molar-refractivity contribution in [2.75, 3.05) is 0 Å². The number of nitriles is 1. The predicted molar refractivity (Wildman–Crippen MR) is 81.7 cm³/mol. The van der Waals surface area contributed by atoms with Crippen LogP contribution in [0.3, 0.4) is 0 Å². The standard InChI is InChI=1S/C18H23NO2/c1-12(2)16-9-4-13(3)10-17(16)21-18(20)15-7-5-14(11-19)6-8-15/h5-8,12-13,16-17H,4,9-10H2,1-3H3/t13-,16+,17-/m1/s1. The SMILES string of the molecule is CC(C)[C@@H]1CC[C@@H](C)C[C@H]1OC(=O)c1ccc(C#N)cc1. The number of nitrogens with zero attached hydrogens (tertiary/aromatic N) is 1. The molecular weight excluding hydrogens is 262 g/mol. The van der Waals surface area contributed by atoms with Gasteiger partial charge in [-0.05, 0) is 54.9 Å². The van der Waals surface area contributed by atoms with Gasteiger partial charge in [0.1, 0.15) is 6.10 Å². The van der Waals surface area contributed by atoms with Gasteiger partial charge in [0.15, 0.2) is 0 Å². The first-order chi connectivity index (χ1) is 10.0. The van der Waals surface area contributed by atoms with E-state index < -0.39 is 0 Å². The van der Waals surface area contributed by atoms with E-state index in [1.54, 1.807) is 24.3 Å². The van der Waals surface area contributed by atoms with Crippen molar-refractivity contribution in [3.8, 4) is 6.07 Å². The molecule has 0 aliphatic heterocycles. The Morgan fingerprint density at radius 3 is 2.52 bits per heavy atom. The van der Waals surface area contributed by atoms with E-state index in [2.05, 4.69) is 26.8 Å². The van der Waals surface area contributed by atoms with Crippen molar-refractivity contribution < 1.29 is 9.53 Å². The first-order valence-corrected chi connectivity index (χ1v) is 7.72. The van der Waals surface area contributed by atoms with Crippen LogP contribution in [0.25, 0.3) is 0 Å². The van der Waals surface area contributed by atoms with Gasteiger partial charge in [0, 0.05) is 0 Å². The van der Waals surface area contributed by atoms with Crippen LogP contribution in [0.1, 0.15) is 56.0 Å². The number of hydrogen-bond donors (Lipinski definition) is 0. The summed E-state index contributed by atoms with van der Waals surface area (Å²) in [6.45, 7) is 6.62. The Morgan fingerprint density at radius 1 is 1.29 bits per heavy atom. The Balaban J connectivity index is 2.07. The minimum absolute atomic E-state index is 0.0110. The number of benzene rings is 1. The molecular formula is C18H23NO2. The number of hydrogen-bond acceptors (Lipinski definition) is 3. The molecule has 2 rings (SSSR count). The lowest BCUT2D eigenvalue weighted by atomic mass is 9.75. The average molecular weight is 285 g/mol. The molecule has 1 aliphatic carbocycles. The van der Waals surface area contributed by atoms with Gasteiger partial charge in [-0.15, -0.1) is 0 Å². The van der Waals surface area contributed by atoms with Gasteiger partial charge in [-0.3, -0.25) is 0 Å². The number of rotatable bonds is 3. The summed E-state index contributed by atoms with van der Waals surface area (Å²) in [4.78, 5) is 12.3. The maximum absolute atomic E-state index is 12.3. The lowest BCUT2D eigenvalue weighted by Gasteiger charge is -2.36. The summed E-state index contributed by atoms with van der Waals surface area (Å²) in [5.74, 6) is 1.31. The Kier molecular flexibility index (Phi) is 5.01. The van der Waals surface area contributed by atoms with Crippen molar-refractivity contribution in [3.05, 3.63) is 35.4 Å². The number of carbonyl (C=O) groups excluding carboxylic acids is 1. The Hall–Kier alpha value is -1.82. The zero-order valence-corrected chi connectivity index (χ0v) is 13.0. The molecule has 0 bridgehead atoms. The van der Waals surface area contributed by atoms with Gasteiger partial charge in [-0.2, -0.15) is 5.26 Å². The van der Waals surface area contributed by atoms with E-state index in [1.807, 2.05) is 0 Å². The van der Waals surface area contributed by atoms with Gasteiger partial charge in [0.05, 0.1) is 17.2 Å². The molecule has 112 valence electrons. The molecule has 0 amide bonds. The minimum atomic E-state index is -0.274. The second-order valence-electron chi connectivity index (χ2n) is 6.46. The van der Waals surface area contributed by atoms with Crippen LogP contribution < -0.4 is 0 Å². The number of carbonyl (C=O) groups is 1. The molecule has 3 heteroatoms. The summed E-state index contributed by atoms with van der Waals surface area (Å²) in [5, 5.41) is 8.79. The van der Waals surface area contributed by atoms with Crippen molar-refractivity contribution in [2.45, 2.75) is 46.1 Å². The molecule has 0 spiro atoms. The third kappa shape index (κ3) is 3.85. The smallest absolute Gasteiger partial charge is 0.338 e. The molecule has 1 aliphatic rings. The summed E-state index contributed by atoms with van der Waals surface area (Å²) >= 11 is 0. The van der Waals surface area contributed by atoms with E-state index in [-0.39, 0.29) is 12.1 Å². The molecule has 0 unspecified atom stereocenters. The Labute approximate surface area is 126 Å². The molecule has 1 aromatic rings. The largest absolute Gasteiger partial charge is 0.458 e. The summed E-state index contributed by atoms with van der Waals surface area (Å²) in [5.41, 5.74) is 1.08. The molecule has 21 heavy (non-hydrogen) atoms. The fourth-order valence-electron chi connectivity index (χ4n) is 3.14. The predicted octanol–water partition coefficient (Wildman–Crippen LogP) is 4.18. The van der Waals surface area contributed by atoms with E-state index in [0.29, 0.717) is 28.9 Å². The van der Waals surface area contributed by atoms with Gasteiger partial charge in [0.25, 0.3) is 0 Å². The average Bonchev–Trinajstić information content (AvgIpc) is 2.47. The molecule has 0 saturated heterocycles. The zero-order chi connectivity index (χ0) is 15.4. The van der Waals surface area contributed by atoms with Crippen LogP contribution in [0.5, 0.6) is 0 Å². The van der Waals surface area contributed by atoms with Crippen molar-refractivity contribution in [1.82, 2.24) is 0 Å². The molecule has 1 saturated carbocycles. The van der Waals surface area contributed by atoms with Crippen LogP contribution in [0.15, 0.2) is 24.3 Å². The summed E-state index contributed by atoms with van der Waals surface area (Å²) < 4.78 is 5.77. The Morgan fingerprint density at radius 2 is 1.95 bits per heavy atom. The third-order valence-electron chi connectivity index (χ3n) is 4.47. The van der Waals surface area contributed by atoms with Crippen molar-refractivity contribution in [2.24, 2.45) is 17.8 Å². The highest BCUT2D eigenvalue weighted by atomic mass is 16.5. The summed E-state index contributed by atoms with van der Waals surface area (Å²) in [7, 11) is 0. The maximum atomic E-state index is 12.3. The molecule has 3 nitrogen and oxygen atoms in total. The number of esters is 1. The second kappa shape index (κ2) is 6.76. The first-order valence-electron chi connectivity index (χ1n) is 7.72. The minimum Gasteiger partial charge on any atom is -0.458 e. The highest BCUT2D eigenvalue weighted by Crippen LogP contribution is 2.35. The third-order valence-corrected chi connectivity index (χ3v) is 4.47. The molecule has 0 aromatic heterocycles. The van der Waals surface area contributed by atoms with Crippen LogP contribution in [0.4, 0.5) is 0 Å². The van der Waals surface area contributed by atoms with Crippen LogP contribution in [0, 0.1) is 29.1 Å². The van der Waals surface area contributed by atoms with E-state index in [0.717, 1.165) is 12.8 Å². The van der Waals surface area contributed by atoms with E-state index in [9.17, 15) is 4.79 Å². The van der Waals surface area contributed by atoms with E-state index in [1.165, 1.54) is 6.42 Å². The molecule has 0 heterocycles. The second-order valence-corrected chi connectivity index (χ2v) is 6.46. The quantitative estimate of drug-likeness (QED) is 0.783. The molecule has 1 aromatic carbocycles. The zero-order valence-electron chi connectivity index (χ0n) is 13.0. The monoisotopic (exact) mass is 285 g/mol. The Bertz CT molecular complexity index is 527. The topological polar surface area (TPSA) is 50.1 Å². The lowest BCUT2D eigenvalue weighted by molar-refractivity contribution is -0.0174. The molecule has 1 fully saturated rings. The van der Waals surface area contributed by atoms with Gasteiger partial charge < -0.3 is 4.74 Å².